The molecule has 0 aliphatic carbocycles. The maximum atomic E-state index is 12.3. The fourth-order valence-corrected chi connectivity index (χ4v) is 2.93. The zero-order valence-corrected chi connectivity index (χ0v) is 16.2. The van der Waals surface area contributed by atoms with Crippen molar-refractivity contribution in [2.75, 3.05) is 0 Å². The fourth-order valence-electron chi connectivity index (χ4n) is 2.67. The number of rotatable bonds is 5. The summed E-state index contributed by atoms with van der Waals surface area (Å²) in [4.78, 5) is 24.5. The molecule has 1 aromatic carbocycles. The van der Waals surface area contributed by atoms with E-state index in [4.69, 9.17) is 13.9 Å². The van der Waals surface area contributed by atoms with E-state index >= 15 is 0 Å². The molecule has 136 valence electrons. The molecule has 1 aromatic heterocycles. The van der Waals surface area contributed by atoms with E-state index in [1.807, 2.05) is 31.2 Å². The van der Waals surface area contributed by atoms with Crippen molar-refractivity contribution in [3.63, 3.8) is 0 Å². The minimum Gasteiger partial charge on any atom is -0.457 e. The third-order valence-electron chi connectivity index (χ3n) is 4.08. The third kappa shape index (κ3) is 4.07. The molecular formula is C20H19BrO5. The van der Waals surface area contributed by atoms with Gasteiger partial charge >= 0.3 is 11.9 Å². The van der Waals surface area contributed by atoms with E-state index in [2.05, 4.69) is 15.9 Å². The molecule has 3 rings (SSSR count). The number of cyclic esters (lactones) is 2. The maximum absolute atomic E-state index is 12.3. The Kier molecular flexibility index (Phi) is 5.32. The molecule has 0 spiro atoms. The van der Waals surface area contributed by atoms with Crippen LogP contribution >= 0.6 is 15.9 Å². The highest BCUT2D eigenvalue weighted by molar-refractivity contribution is 9.10. The zero-order chi connectivity index (χ0) is 18.7. The van der Waals surface area contributed by atoms with Crippen LogP contribution in [-0.4, -0.2) is 17.7 Å². The average Bonchev–Trinajstić information content (AvgIpc) is 3.06. The molecule has 2 heterocycles. The molecule has 1 aliphatic rings. The lowest BCUT2D eigenvalue weighted by Crippen LogP contribution is -2.44. The Morgan fingerprint density at radius 2 is 1.69 bits per heavy atom. The lowest BCUT2D eigenvalue weighted by molar-refractivity contribution is -0.230. The molecule has 6 heteroatoms. The average molecular weight is 419 g/mol. The molecule has 0 radical (unpaired) electrons. The Morgan fingerprint density at radius 3 is 2.31 bits per heavy atom. The first-order chi connectivity index (χ1) is 12.4. The number of esters is 2. The van der Waals surface area contributed by atoms with Crippen LogP contribution in [0.1, 0.15) is 38.9 Å². The molecule has 0 bridgehead atoms. The van der Waals surface area contributed by atoms with Crippen LogP contribution in [0.2, 0.25) is 0 Å². The van der Waals surface area contributed by atoms with Gasteiger partial charge in [-0.1, -0.05) is 41.4 Å². The minimum absolute atomic E-state index is 0.171. The third-order valence-corrected chi connectivity index (χ3v) is 4.61. The van der Waals surface area contributed by atoms with Gasteiger partial charge in [-0.3, -0.25) is 0 Å². The van der Waals surface area contributed by atoms with Crippen molar-refractivity contribution in [3.05, 3.63) is 52.2 Å². The predicted molar refractivity (Wildman–Crippen MR) is 99.9 cm³/mol. The summed E-state index contributed by atoms with van der Waals surface area (Å²) in [5.41, 5.74) is 0.717. The number of ether oxygens (including phenoxy) is 2. The van der Waals surface area contributed by atoms with Crippen LogP contribution in [0.4, 0.5) is 0 Å². The Morgan fingerprint density at radius 1 is 1.04 bits per heavy atom. The summed E-state index contributed by atoms with van der Waals surface area (Å²) >= 11 is 3.38. The smallest absolute Gasteiger partial charge is 0.348 e. The highest BCUT2D eigenvalue weighted by Gasteiger charge is 2.42. The number of halogens is 1. The van der Waals surface area contributed by atoms with Gasteiger partial charge in [0.2, 0.25) is 0 Å². The largest absolute Gasteiger partial charge is 0.457 e. The Hall–Kier alpha value is -2.34. The van der Waals surface area contributed by atoms with Gasteiger partial charge in [-0.25, -0.2) is 9.59 Å². The van der Waals surface area contributed by atoms with E-state index in [0.29, 0.717) is 17.9 Å². The number of furan rings is 1. The van der Waals surface area contributed by atoms with Gasteiger partial charge in [0.05, 0.1) is 0 Å². The van der Waals surface area contributed by atoms with E-state index in [9.17, 15) is 9.59 Å². The van der Waals surface area contributed by atoms with Crippen LogP contribution in [-0.2, 0) is 19.1 Å². The quantitative estimate of drug-likeness (QED) is 0.383. The molecule has 0 unspecified atom stereocenters. The lowest BCUT2D eigenvalue weighted by atomic mass is 10.1. The molecule has 5 nitrogen and oxygen atoms in total. The standard InChI is InChI=1S/C20H19BrO5/c1-3-4-11-20(2)25-18(22)16(19(23)26-20)12-15-9-10-17(24-15)13-5-7-14(21)8-6-13/h5-10,12H,3-4,11H2,1-2H3. The summed E-state index contributed by atoms with van der Waals surface area (Å²) in [5.74, 6) is -1.57. The van der Waals surface area contributed by atoms with Gasteiger partial charge in [-0.05, 0) is 30.7 Å². The van der Waals surface area contributed by atoms with Gasteiger partial charge < -0.3 is 13.9 Å². The zero-order valence-electron chi connectivity index (χ0n) is 14.6. The van der Waals surface area contributed by atoms with Crippen molar-refractivity contribution < 1.29 is 23.5 Å². The second kappa shape index (κ2) is 7.50. The molecule has 0 saturated carbocycles. The normalized spacial score (nSPS) is 19.9. The summed E-state index contributed by atoms with van der Waals surface area (Å²) in [7, 11) is 0. The van der Waals surface area contributed by atoms with Gasteiger partial charge in [-0.15, -0.1) is 0 Å². The molecule has 0 amide bonds. The summed E-state index contributed by atoms with van der Waals surface area (Å²) in [6.07, 6.45) is 3.54. The van der Waals surface area contributed by atoms with Gasteiger partial charge in [0.25, 0.3) is 5.79 Å². The fraction of sp³-hybridized carbons (Fsp3) is 0.300. The van der Waals surface area contributed by atoms with Gasteiger partial charge in [-0.2, -0.15) is 0 Å². The van der Waals surface area contributed by atoms with Crippen molar-refractivity contribution in [3.8, 4) is 11.3 Å². The summed E-state index contributed by atoms with van der Waals surface area (Å²) in [6.45, 7) is 3.62. The van der Waals surface area contributed by atoms with E-state index in [0.717, 1.165) is 22.9 Å². The lowest BCUT2D eigenvalue weighted by Gasteiger charge is -2.33. The molecule has 2 aromatic rings. The van der Waals surface area contributed by atoms with E-state index < -0.39 is 17.7 Å². The number of unbranched alkanes of at least 4 members (excludes halogenated alkanes) is 1. The molecule has 26 heavy (non-hydrogen) atoms. The molecule has 0 N–H and O–H groups in total. The van der Waals surface area contributed by atoms with Gasteiger partial charge in [0, 0.05) is 29.5 Å². The minimum atomic E-state index is -1.20. The van der Waals surface area contributed by atoms with Crippen LogP contribution < -0.4 is 0 Å². The number of carbonyl (C=O) groups excluding carboxylic acids is 2. The van der Waals surface area contributed by atoms with E-state index in [1.165, 1.54) is 6.08 Å². The van der Waals surface area contributed by atoms with Crippen molar-refractivity contribution in [2.45, 2.75) is 38.9 Å². The predicted octanol–water partition coefficient (Wildman–Crippen LogP) is 5.10. The van der Waals surface area contributed by atoms with Crippen LogP contribution in [0.5, 0.6) is 0 Å². The first kappa shape index (κ1) is 18.5. The summed E-state index contributed by atoms with van der Waals surface area (Å²) < 4.78 is 17.4. The maximum Gasteiger partial charge on any atom is 0.348 e. The monoisotopic (exact) mass is 418 g/mol. The summed E-state index contributed by atoms with van der Waals surface area (Å²) in [6, 6.07) is 11.1. The first-order valence-corrected chi connectivity index (χ1v) is 9.24. The number of benzene rings is 1. The van der Waals surface area contributed by atoms with Crippen LogP contribution in [0.15, 0.2) is 50.9 Å². The molecule has 0 atom stereocenters. The van der Waals surface area contributed by atoms with E-state index in [-0.39, 0.29) is 5.57 Å². The van der Waals surface area contributed by atoms with Gasteiger partial charge in [0.1, 0.15) is 17.1 Å². The Labute approximate surface area is 160 Å². The second-order valence-corrected chi connectivity index (χ2v) is 7.20. The molecule has 1 fully saturated rings. The van der Waals surface area contributed by atoms with Crippen molar-refractivity contribution in [1.29, 1.82) is 0 Å². The van der Waals surface area contributed by atoms with Crippen LogP contribution in [0.3, 0.4) is 0 Å². The van der Waals surface area contributed by atoms with Crippen molar-refractivity contribution in [1.82, 2.24) is 0 Å². The number of hydrogen-bond acceptors (Lipinski definition) is 5. The molecule has 1 saturated heterocycles. The first-order valence-electron chi connectivity index (χ1n) is 8.44. The summed E-state index contributed by atoms with van der Waals surface area (Å²) in [5, 5.41) is 0. The highest BCUT2D eigenvalue weighted by atomic mass is 79.9. The highest BCUT2D eigenvalue weighted by Crippen LogP contribution is 2.30. The molecule has 1 aliphatic heterocycles. The van der Waals surface area contributed by atoms with Crippen LogP contribution in [0.25, 0.3) is 17.4 Å². The number of carbonyl (C=O) groups is 2. The van der Waals surface area contributed by atoms with Crippen LogP contribution in [0, 0.1) is 0 Å². The molecular weight excluding hydrogens is 400 g/mol. The topological polar surface area (TPSA) is 65.7 Å². The van der Waals surface area contributed by atoms with E-state index in [1.54, 1.807) is 19.1 Å². The SMILES string of the molecule is CCCCC1(C)OC(=O)C(=Cc2ccc(-c3ccc(Br)cc3)o2)C(=O)O1. The number of hydrogen-bond donors (Lipinski definition) is 0. The Balaban J connectivity index is 1.79. The van der Waals surface area contributed by atoms with Gasteiger partial charge in [0.15, 0.2) is 0 Å². The van der Waals surface area contributed by atoms with Crippen molar-refractivity contribution >= 4 is 33.9 Å². The second-order valence-electron chi connectivity index (χ2n) is 6.28. The van der Waals surface area contributed by atoms with Crippen molar-refractivity contribution in [2.24, 2.45) is 0 Å². The Bertz CT molecular complexity index is 827.